The molecule has 10 aromatic heterocycles. The Bertz CT molecular complexity index is 5680. The van der Waals surface area contributed by atoms with E-state index < -0.39 is 5.89 Å². The fourth-order valence-corrected chi connectivity index (χ4v) is 18.3. The lowest BCUT2D eigenvalue weighted by Gasteiger charge is -2.09. The predicted molar refractivity (Wildman–Crippen MR) is 460 cm³/mol. The molecule has 0 spiro atoms. The monoisotopic (exact) mass is 1510 g/mol. The fraction of sp³-hybridized carbons (Fsp3) is 0.341. The van der Waals surface area contributed by atoms with Gasteiger partial charge in [0.25, 0.3) is 24.2 Å². The van der Waals surface area contributed by atoms with Crippen LogP contribution in [0.5, 0.6) is 0 Å². The Morgan fingerprint density at radius 1 is 0.302 bits per heavy atom. The largest absolute Gasteiger partial charge is 0.289 e. The van der Waals surface area contributed by atoms with Crippen molar-refractivity contribution in [2.45, 2.75) is 179 Å². The molecule has 10 nitrogen and oxygen atoms in total. The van der Waals surface area contributed by atoms with Crippen molar-refractivity contribution >= 4 is 108 Å². The smallest absolute Gasteiger partial charge is 0.238 e. The van der Waals surface area contributed by atoms with E-state index in [1.807, 2.05) is 19.4 Å². The second-order valence-corrected chi connectivity index (χ2v) is 33.8. The second-order valence-electron chi connectivity index (χ2n) is 28.7. The van der Waals surface area contributed by atoms with E-state index in [1.165, 1.54) is 164 Å². The fourth-order valence-electron chi connectivity index (χ4n) is 13.8. The molecule has 0 unspecified atom stereocenters. The van der Waals surface area contributed by atoms with E-state index in [0.717, 1.165) is 47.4 Å². The number of pyridine rings is 5. The summed E-state index contributed by atoms with van der Waals surface area (Å²) in [5.74, 6) is -0.184. The number of rotatable bonds is 7. The van der Waals surface area contributed by atoms with Crippen molar-refractivity contribution in [3.63, 3.8) is 0 Å². The lowest BCUT2D eigenvalue weighted by Crippen LogP contribution is -2.31. The summed E-state index contributed by atoms with van der Waals surface area (Å²) in [5, 5.41) is 4.30. The second kappa shape index (κ2) is 34.0. The first-order chi connectivity index (χ1) is 49.1. The van der Waals surface area contributed by atoms with E-state index in [-0.39, 0.29) is 22.3 Å². The van der Waals surface area contributed by atoms with Gasteiger partial charge in [-0.15, -0.1) is 0 Å². The van der Waals surface area contributed by atoms with Crippen LogP contribution in [0.15, 0.2) is 127 Å². The average Bonchev–Trinajstić information content (AvgIpc) is 1.35. The van der Waals surface area contributed by atoms with Gasteiger partial charge in [0.2, 0.25) is 28.5 Å². The van der Waals surface area contributed by atoms with E-state index >= 15 is 0 Å². The van der Waals surface area contributed by atoms with Crippen LogP contribution in [0.2, 0.25) is 0 Å². The third kappa shape index (κ3) is 17.1. The van der Waals surface area contributed by atoms with E-state index in [4.69, 9.17) is 6.35 Å². The topological polar surface area (TPSA) is 83.8 Å². The van der Waals surface area contributed by atoms with Crippen LogP contribution < -0.4 is 22.8 Å². The Morgan fingerprint density at radius 2 is 0.547 bits per heavy atom. The number of aryl methyl sites for hydroxylation is 17. The lowest BCUT2D eigenvalue weighted by molar-refractivity contribution is -0.631. The van der Waals surface area contributed by atoms with Gasteiger partial charge in [0, 0.05) is 71.3 Å². The van der Waals surface area contributed by atoms with Gasteiger partial charge in [-0.2, -0.15) is 22.8 Å². The van der Waals surface area contributed by atoms with Gasteiger partial charge in [-0.3, -0.25) is 0 Å². The maximum absolute atomic E-state index is 8.22. The maximum Gasteiger partial charge on any atom is 0.289 e. The first-order valence-corrected chi connectivity index (χ1v) is 39.5. The summed E-state index contributed by atoms with van der Waals surface area (Å²) >= 11 is 8.62. The Hall–Kier alpha value is -8.70. The lowest BCUT2D eigenvalue weighted by atomic mass is 9.97. The normalized spacial score (nSPS) is 11.3. The molecule has 0 bridgehead atoms. The summed E-state index contributed by atoms with van der Waals surface area (Å²) in [7, 11) is 10.6. The zero-order valence-corrected chi connectivity index (χ0v) is 69.3. The predicted octanol–water partition coefficient (Wildman–Crippen LogP) is 23.3. The minimum absolute atomic E-state index is 0. The zero-order valence-electron chi connectivity index (χ0n) is 66.2. The van der Waals surface area contributed by atoms with Crippen LogP contribution in [0.1, 0.15) is 167 Å². The van der Waals surface area contributed by atoms with Gasteiger partial charge < -0.3 is 0 Å². The quantitative estimate of drug-likeness (QED) is 0.148. The number of hydrogen-bond donors (Lipinski definition) is 0. The van der Waals surface area contributed by atoms with Gasteiger partial charge in [0.15, 0.2) is 0 Å². The van der Waals surface area contributed by atoms with E-state index in [1.54, 1.807) is 56.7 Å². The molecular formula is C91H113N10S5+5. The molecule has 106 heavy (non-hydrogen) atoms. The first kappa shape index (κ1) is 81.4. The Morgan fingerprint density at radius 3 is 0.830 bits per heavy atom. The summed E-state index contributed by atoms with van der Waals surface area (Å²) in [6.07, 6.45) is 0. The molecule has 0 aliphatic heterocycles. The maximum atomic E-state index is 8.22. The van der Waals surface area contributed by atoms with Crippen molar-refractivity contribution < 1.29 is 24.2 Å². The highest BCUT2D eigenvalue weighted by Gasteiger charge is 2.26. The number of thiazole rings is 5. The molecule has 15 heteroatoms. The molecule has 0 amide bonds. The van der Waals surface area contributed by atoms with Crippen LogP contribution in [-0.4, -0.2) is 24.9 Å². The van der Waals surface area contributed by atoms with Gasteiger partial charge in [-0.05, 0) is 234 Å². The van der Waals surface area contributed by atoms with E-state index in [9.17, 15) is 0 Å². The van der Waals surface area contributed by atoms with Crippen LogP contribution in [0.3, 0.4) is 0 Å². The van der Waals surface area contributed by atoms with Gasteiger partial charge >= 0.3 is 0 Å². The molecule has 0 aliphatic carbocycles. The van der Waals surface area contributed by atoms with Crippen molar-refractivity contribution in [3.8, 4) is 56.3 Å². The molecule has 0 saturated carbocycles. The number of hydrogen-bond acceptors (Lipinski definition) is 10. The highest BCUT2D eigenvalue weighted by atomic mass is 32.1. The molecule has 0 N–H and O–H groups in total. The molecule has 0 aliphatic rings. The highest BCUT2D eigenvalue weighted by Crippen LogP contribution is 2.35. The molecule has 5 aromatic carbocycles. The van der Waals surface area contributed by atoms with Crippen molar-refractivity contribution in [2.75, 3.05) is 0 Å². The Balaban J connectivity index is 0.000000168. The number of fused-ring (bicyclic) bond motifs is 5. The van der Waals surface area contributed by atoms with Gasteiger partial charge in [0.05, 0.1) is 15.5 Å². The molecule has 15 aromatic rings. The summed E-state index contributed by atoms with van der Waals surface area (Å²) in [5.41, 5.74) is 39.9. The van der Waals surface area contributed by atoms with Crippen LogP contribution >= 0.6 is 56.7 Å². The van der Waals surface area contributed by atoms with Crippen LogP contribution in [0, 0.1) is 118 Å². The van der Waals surface area contributed by atoms with Crippen molar-refractivity contribution in [1.29, 1.82) is 0 Å². The third-order valence-electron chi connectivity index (χ3n) is 20.0. The number of benzene rings is 5. The van der Waals surface area contributed by atoms with Gasteiger partial charge in [0.1, 0.15) is 72.8 Å². The van der Waals surface area contributed by atoms with Crippen LogP contribution in [-0.2, 0) is 35.2 Å². The van der Waals surface area contributed by atoms with Gasteiger partial charge in [-0.1, -0.05) is 165 Å². The average molecular weight is 1510 g/mol. The van der Waals surface area contributed by atoms with Crippen LogP contribution in [0.25, 0.3) is 108 Å². The van der Waals surface area contributed by atoms with Gasteiger partial charge in [-0.25, -0.2) is 24.9 Å². The summed E-state index contributed by atoms with van der Waals surface area (Å²) in [6.45, 7) is 45.0. The molecule has 10 heterocycles. The first-order valence-electron chi connectivity index (χ1n) is 35.8. The van der Waals surface area contributed by atoms with E-state index in [2.05, 4.69) is 331 Å². The number of aromatic nitrogens is 10. The molecule has 0 saturated heterocycles. The van der Waals surface area contributed by atoms with Crippen LogP contribution in [0.4, 0.5) is 0 Å². The number of nitrogens with zero attached hydrogens (tertiary/aromatic N) is 10. The Labute approximate surface area is 654 Å². The SMILES string of the molecule is C.C.C.Cc1cc(C)c(C)c(-c2ccc3nc(C(C)C)sc3[n+]2C)c1.Cc1cc(C)c(C)c(-c2ccc3nc(C)sc3[n+]2C)c1.Cc1cc(C)c(C)c(-c2ccc3nc(C)sc3[n+]2C)c1.Cc1cc(C)c(C)c(-c2ccc3ncsc3[n+]2C)c1.[2H]C(C)(C)c1nc2ccc(-c3cc(C)cc(C)c3C)[n+](C)c2s1. The van der Waals surface area contributed by atoms with E-state index in [0.29, 0.717) is 5.92 Å². The molecular weight excluding hydrogens is 1390 g/mol. The standard InChI is InChI=1S/2C19H23N2S.2C17H19N2S.C16H17N2S.3CH4/c2*1-11(2)18-20-16-7-8-17(21(6)19(16)22-18)15-10-12(3)9-13(4)14(15)5;2*1-10-8-11(2)12(3)14(9-10)16-7-6-15-17(19(16)5)20-13(4)18-15;1-10-7-11(2)12(3)13(8-10)15-6-5-14-16(18(15)4)19-9-17-14;;;/h2*7-11H,1-6H3;2*6-9H,1-5H3;5-9H,1-4H3;3*1H4/q5*+1;;;/i11D;;;;;;;. The van der Waals surface area contributed by atoms with Crippen molar-refractivity contribution in [2.24, 2.45) is 35.2 Å². The minimum Gasteiger partial charge on any atom is -0.238 e. The Kier molecular flexibility index (Phi) is 26.1. The van der Waals surface area contributed by atoms with Crippen molar-refractivity contribution in [1.82, 2.24) is 24.9 Å². The summed E-state index contributed by atoms with van der Waals surface area (Å²) < 4.78 is 19.5. The highest BCUT2D eigenvalue weighted by molar-refractivity contribution is 7.18. The molecule has 15 rings (SSSR count). The zero-order chi connectivity index (χ0) is 75.4. The molecule has 0 atom stereocenters. The molecule has 0 fully saturated rings. The minimum atomic E-state index is -0.660. The third-order valence-corrected chi connectivity index (χ3v) is 25.9. The van der Waals surface area contributed by atoms with Crippen molar-refractivity contribution in [3.05, 3.63) is 230 Å². The molecule has 552 valence electrons. The summed E-state index contributed by atoms with van der Waals surface area (Å²) in [4.78, 5) is 29.0. The molecule has 0 radical (unpaired) electrons. The summed E-state index contributed by atoms with van der Waals surface area (Å²) in [6, 6.07) is 44.0.